The van der Waals surface area contributed by atoms with Gasteiger partial charge in [-0.2, -0.15) is 0 Å². The van der Waals surface area contributed by atoms with Gasteiger partial charge >= 0.3 is 0 Å². The van der Waals surface area contributed by atoms with E-state index in [0.717, 1.165) is 30.1 Å². The molecule has 5 nitrogen and oxygen atoms in total. The molecule has 0 spiro atoms. The topological polar surface area (TPSA) is 55.5 Å². The first kappa shape index (κ1) is 19.0. The molecular formula is C17H23Cl3N3O2+. The van der Waals surface area contributed by atoms with Crippen LogP contribution in [0, 0.1) is 11.8 Å². The van der Waals surface area contributed by atoms with Crippen molar-refractivity contribution in [1.82, 2.24) is 9.88 Å². The van der Waals surface area contributed by atoms with Gasteiger partial charge in [-0.05, 0) is 12.5 Å². The van der Waals surface area contributed by atoms with Gasteiger partial charge in [-0.15, -0.1) is 0 Å². The molecule has 25 heavy (non-hydrogen) atoms. The zero-order valence-electron chi connectivity index (χ0n) is 14.3. The largest absolute Gasteiger partial charge is 0.312 e. The van der Waals surface area contributed by atoms with Crippen LogP contribution in [0.5, 0.6) is 0 Å². The molecule has 2 N–H and O–H groups in total. The number of hydrogen-bond donors (Lipinski definition) is 2. The van der Waals surface area contributed by atoms with Crippen molar-refractivity contribution in [1.29, 1.82) is 0 Å². The molecule has 3 heterocycles. The summed E-state index contributed by atoms with van der Waals surface area (Å²) < 4.78 is 0.272. The average Bonchev–Trinajstić information content (AvgIpc) is 2.52. The molecule has 1 saturated heterocycles. The van der Waals surface area contributed by atoms with Crippen molar-refractivity contribution in [3.63, 3.8) is 0 Å². The van der Waals surface area contributed by atoms with Crippen molar-refractivity contribution < 1.29 is 9.69 Å². The van der Waals surface area contributed by atoms with E-state index in [1.54, 1.807) is 12.1 Å². The van der Waals surface area contributed by atoms with Crippen LogP contribution in [0.1, 0.15) is 31.9 Å². The number of hydrogen-bond acceptors (Lipinski definition) is 2. The molecule has 4 atom stereocenters. The van der Waals surface area contributed by atoms with Gasteiger partial charge in [-0.3, -0.25) is 9.59 Å². The van der Waals surface area contributed by atoms with Crippen molar-refractivity contribution >= 4 is 40.7 Å². The van der Waals surface area contributed by atoms with E-state index >= 15 is 0 Å². The molecule has 1 fully saturated rings. The Morgan fingerprint density at radius 1 is 1.32 bits per heavy atom. The van der Waals surface area contributed by atoms with Crippen LogP contribution in [0.2, 0.25) is 0 Å². The highest BCUT2D eigenvalue weighted by Gasteiger charge is 2.47. The lowest BCUT2D eigenvalue weighted by Gasteiger charge is -2.44. The Kier molecular flexibility index (Phi) is 5.41. The number of pyridine rings is 1. The number of nitrogens with one attached hydrogen (secondary N) is 2. The van der Waals surface area contributed by atoms with Crippen LogP contribution in [-0.2, 0) is 11.3 Å². The van der Waals surface area contributed by atoms with Gasteiger partial charge < -0.3 is 14.8 Å². The van der Waals surface area contributed by atoms with Crippen molar-refractivity contribution in [3.05, 3.63) is 34.2 Å². The Balaban J connectivity index is 1.86. The Morgan fingerprint density at radius 3 is 2.68 bits per heavy atom. The number of fused-ring (bicyclic) bond motifs is 4. The van der Waals surface area contributed by atoms with Gasteiger partial charge in [0, 0.05) is 36.1 Å². The molecule has 8 heteroatoms. The van der Waals surface area contributed by atoms with E-state index in [4.69, 9.17) is 34.8 Å². The lowest BCUT2D eigenvalue weighted by Crippen LogP contribution is -3.21. The first-order chi connectivity index (χ1) is 11.7. The molecule has 0 saturated carbocycles. The summed E-state index contributed by atoms with van der Waals surface area (Å²) in [6.45, 7) is 5.78. The quantitative estimate of drug-likeness (QED) is 0.743. The van der Waals surface area contributed by atoms with E-state index in [1.165, 1.54) is 0 Å². The van der Waals surface area contributed by atoms with E-state index in [-0.39, 0.29) is 23.3 Å². The standard InChI is InChI=1S/C17H22Cl3N3O2/c1-10(2)15(25)21-16(17(18,19)20)22-7-11-6-12(9-22)13-4-3-5-14(24)23(13)8-11/h3-5,10-12,16H,6-9H2,1-2H3,(H,21,25)/p+1/t11-,12+,16+/m0/s1. The number of piperidine rings is 1. The zero-order valence-corrected chi connectivity index (χ0v) is 16.5. The number of carbonyl (C=O) groups excluding carboxylic acids is 1. The van der Waals surface area contributed by atoms with Crippen molar-refractivity contribution in [2.75, 3.05) is 13.1 Å². The molecule has 1 aromatic rings. The molecule has 0 radical (unpaired) electrons. The molecule has 138 valence electrons. The molecule has 1 aromatic heterocycles. The molecule has 3 rings (SSSR count). The van der Waals surface area contributed by atoms with E-state index in [1.807, 2.05) is 24.5 Å². The fourth-order valence-corrected chi connectivity index (χ4v) is 4.64. The molecule has 2 aliphatic rings. The molecule has 0 aromatic carbocycles. The minimum Gasteiger partial charge on any atom is -0.312 e. The molecule has 2 bridgehead atoms. The van der Waals surface area contributed by atoms with Crippen LogP contribution in [0.3, 0.4) is 0 Å². The van der Waals surface area contributed by atoms with E-state index in [9.17, 15) is 9.59 Å². The summed E-state index contributed by atoms with van der Waals surface area (Å²) >= 11 is 18.6. The second-order valence-corrected chi connectivity index (χ2v) is 9.77. The number of likely N-dealkylation sites (tertiary alicyclic amines) is 1. The Bertz CT molecular complexity index is 714. The number of halogens is 3. The van der Waals surface area contributed by atoms with Crippen LogP contribution in [0.25, 0.3) is 0 Å². The summed E-state index contributed by atoms with van der Waals surface area (Å²) in [5, 5.41) is 2.91. The summed E-state index contributed by atoms with van der Waals surface area (Å²) in [5.74, 6) is 0.239. The molecule has 1 unspecified atom stereocenters. The molecule has 2 aliphatic heterocycles. The normalized spacial score (nSPS) is 26.9. The highest BCUT2D eigenvalue weighted by Crippen LogP contribution is 2.33. The van der Waals surface area contributed by atoms with E-state index in [2.05, 4.69) is 5.32 Å². The van der Waals surface area contributed by atoms with Crippen LogP contribution >= 0.6 is 34.8 Å². The summed E-state index contributed by atoms with van der Waals surface area (Å²) in [5.41, 5.74) is 1.08. The zero-order chi connectivity index (χ0) is 18.4. The number of aromatic nitrogens is 1. The van der Waals surface area contributed by atoms with Crippen LogP contribution in [0.4, 0.5) is 0 Å². The fraction of sp³-hybridized carbons (Fsp3) is 0.647. The third-order valence-electron chi connectivity index (χ3n) is 5.17. The SMILES string of the molecule is CC(C)C(=O)N[C@H]([NH+]1C[C@@H]2C[C@H](C1)c1cccc(=O)n1C2)C(Cl)(Cl)Cl. The number of quaternary nitrogens is 1. The molecular weight excluding hydrogens is 385 g/mol. The predicted molar refractivity (Wildman–Crippen MR) is 99.3 cm³/mol. The highest BCUT2D eigenvalue weighted by molar-refractivity contribution is 6.68. The third kappa shape index (κ3) is 4.00. The highest BCUT2D eigenvalue weighted by atomic mass is 35.6. The number of nitrogens with zero attached hydrogens (tertiary/aromatic N) is 1. The fourth-order valence-electron chi connectivity index (χ4n) is 4.01. The first-order valence-corrected chi connectivity index (χ1v) is 9.71. The number of alkyl halides is 3. The summed E-state index contributed by atoms with van der Waals surface area (Å²) in [4.78, 5) is 25.4. The maximum absolute atomic E-state index is 12.2. The van der Waals surface area contributed by atoms with Gasteiger partial charge in [0.15, 0.2) is 0 Å². The maximum atomic E-state index is 12.2. The Labute approximate surface area is 162 Å². The summed E-state index contributed by atoms with van der Waals surface area (Å²) in [7, 11) is 0. The minimum absolute atomic E-state index is 0.0432. The average molecular weight is 408 g/mol. The lowest BCUT2D eigenvalue weighted by atomic mass is 9.83. The number of carbonyl (C=O) groups is 1. The van der Waals surface area contributed by atoms with Crippen molar-refractivity contribution in [2.45, 2.75) is 42.7 Å². The van der Waals surface area contributed by atoms with Crippen LogP contribution in [-0.4, -0.2) is 33.5 Å². The lowest BCUT2D eigenvalue weighted by molar-refractivity contribution is -0.937. The monoisotopic (exact) mass is 406 g/mol. The summed E-state index contributed by atoms with van der Waals surface area (Å²) in [6, 6.07) is 5.40. The Hall–Kier alpha value is -0.750. The second kappa shape index (κ2) is 7.10. The van der Waals surface area contributed by atoms with Gasteiger partial charge in [-0.25, -0.2) is 0 Å². The molecule has 1 amide bonds. The van der Waals surface area contributed by atoms with Gasteiger partial charge in [0.25, 0.3) is 9.35 Å². The number of amides is 1. The van der Waals surface area contributed by atoms with E-state index in [0.29, 0.717) is 12.5 Å². The van der Waals surface area contributed by atoms with Gasteiger partial charge in [0.2, 0.25) is 12.1 Å². The Morgan fingerprint density at radius 2 is 2.04 bits per heavy atom. The third-order valence-corrected chi connectivity index (χ3v) is 5.82. The van der Waals surface area contributed by atoms with Crippen molar-refractivity contribution in [3.8, 4) is 0 Å². The van der Waals surface area contributed by atoms with Crippen LogP contribution in [0.15, 0.2) is 23.0 Å². The summed E-state index contributed by atoms with van der Waals surface area (Å²) in [6.07, 6.45) is 0.414. The maximum Gasteiger partial charge on any atom is 0.262 e. The number of rotatable bonds is 3. The molecule has 0 aliphatic carbocycles. The predicted octanol–water partition coefficient (Wildman–Crippen LogP) is 1.32. The smallest absolute Gasteiger partial charge is 0.262 e. The van der Waals surface area contributed by atoms with Gasteiger partial charge in [0.05, 0.1) is 13.1 Å². The van der Waals surface area contributed by atoms with Gasteiger partial charge in [0.1, 0.15) is 0 Å². The van der Waals surface area contributed by atoms with Crippen molar-refractivity contribution in [2.24, 2.45) is 11.8 Å². The second-order valence-electron chi connectivity index (χ2n) is 7.40. The first-order valence-electron chi connectivity index (χ1n) is 8.58. The van der Waals surface area contributed by atoms with E-state index < -0.39 is 9.96 Å². The van der Waals surface area contributed by atoms with Gasteiger partial charge in [-0.1, -0.05) is 54.7 Å². The van der Waals surface area contributed by atoms with Crippen LogP contribution < -0.4 is 15.8 Å². The minimum atomic E-state index is -1.60.